The predicted molar refractivity (Wildman–Crippen MR) is 145 cm³/mol. The number of hydrogen-bond donors (Lipinski definition) is 0. The largest absolute Gasteiger partial charge is 0.333 e. The molecule has 0 aliphatic carbocycles. The van der Waals surface area contributed by atoms with E-state index in [-0.39, 0.29) is 19.3 Å². The number of nitrogens with zero attached hydrogens (tertiary/aromatic N) is 1. The Bertz CT molecular complexity index is 721. The Morgan fingerprint density at radius 2 is 1.03 bits per heavy atom. The first-order chi connectivity index (χ1) is 17.6. The van der Waals surface area contributed by atoms with Crippen LogP contribution in [0, 0.1) is 23.7 Å². The van der Waals surface area contributed by atoms with Crippen LogP contribution in [0.4, 0.5) is 0 Å². The molecule has 0 spiro atoms. The summed E-state index contributed by atoms with van der Waals surface area (Å²) in [6, 6.07) is 0. The Morgan fingerprint density at radius 3 is 1.47 bits per heavy atom. The number of hydrogen-bond acceptors (Lipinski definition) is 4. The Morgan fingerprint density at radius 1 is 0.639 bits per heavy atom. The number of unbranched alkanes of at least 4 members (excludes halogenated alkanes) is 18. The highest BCUT2D eigenvalue weighted by Gasteiger charge is 2.32. The summed E-state index contributed by atoms with van der Waals surface area (Å²) in [6.45, 7) is 2.27. The molecule has 0 aromatic rings. The van der Waals surface area contributed by atoms with Gasteiger partial charge in [-0.2, -0.15) is 0 Å². The summed E-state index contributed by atoms with van der Waals surface area (Å²) in [5, 5.41) is 0.618. The Kier molecular flexibility index (Phi) is 20.4. The maximum absolute atomic E-state index is 11.7. The van der Waals surface area contributed by atoms with Crippen LogP contribution in [0.2, 0.25) is 0 Å². The van der Waals surface area contributed by atoms with Gasteiger partial charge >= 0.3 is 5.97 Å². The van der Waals surface area contributed by atoms with Gasteiger partial charge in [0.15, 0.2) is 0 Å². The van der Waals surface area contributed by atoms with Crippen LogP contribution < -0.4 is 0 Å². The second kappa shape index (κ2) is 23.1. The molecule has 0 radical (unpaired) electrons. The van der Waals surface area contributed by atoms with Gasteiger partial charge in [-0.25, -0.2) is 4.79 Å². The van der Waals surface area contributed by atoms with Crippen LogP contribution in [0.3, 0.4) is 0 Å². The lowest BCUT2D eigenvalue weighted by Gasteiger charge is -2.12. The van der Waals surface area contributed by atoms with E-state index in [0.29, 0.717) is 11.5 Å². The van der Waals surface area contributed by atoms with E-state index in [1.807, 2.05) is 0 Å². The van der Waals surface area contributed by atoms with Crippen molar-refractivity contribution in [1.82, 2.24) is 5.06 Å². The monoisotopic (exact) mass is 499 g/mol. The first kappa shape index (κ1) is 31.8. The summed E-state index contributed by atoms with van der Waals surface area (Å²) in [4.78, 5) is 39.4. The van der Waals surface area contributed by atoms with E-state index >= 15 is 0 Å². The summed E-state index contributed by atoms with van der Waals surface area (Å²) in [5.74, 6) is 10.9. The first-order valence-corrected chi connectivity index (χ1v) is 14.7. The standard InChI is InChI=1S/C31H49NO4/c1-2-3-4-5-6-7-8-9-10-11-12-13-14-15-16-17-18-19-20-21-22-23-24-25-26-31(35)36-32-29(33)27-28-30(32)34/h2-14,19-28H2,1H3. The molecule has 1 aliphatic rings. The van der Waals surface area contributed by atoms with Crippen LogP contribution in [-0.4, -0.2) is 22.8 Å². The maximum atomic E-state index is 11.7. The molecule has 5 heteroatoms. The van der Waals surface area contributed by atoms with E-state index < -0.39 is 17.8 Å². The van der Waals surface area contributed by atoms with Crippen molar-refractivity contribution in [2.45, 2.75) is 155 Å². The van der Waals surface area contributed by atoms with Crippen LogP contribution in [-0.2, 0) is 19.2 Å². The Balaban J connectivity index is 1.81. The van der Waals surface area contributed by atoms with Crippen LogP contribution in [0.15, 0.2) is 0 Å². The maximum Gasteiger partial charge on any atom is 0.333 e. The quantitative estimate of drug-likeness (QED) is 0.0917. The van der Waals surface area contributed by atoms with E-state index in [9.17, 15) is 14.4 Å². The molecule has 0 unspecified atom stereocenters. The second-order valence-corrected chi connectivity index (χ2v) is 9.91. The number of amides is 2. The number of hydroxylamine groups is 2. The van der Waals surface area contributed by atoms with Gasteiger partial charge in [0, 0.05) is 32.1 Å². The Hall–Kier alpha value is -2.27. The molecule has 2 amide bonds. The number of carbonyl (C=O) groups excluding carboxylic acids is 3. The van der Waals surface area contributed by atoms with Crippen molar-refractivity contribution in [1.29, 1.82) is 0 Å². The van der Waals surface area contributed by atoms with Crippen LogP contribution in [0.25, 0.3) is 0 Å². The molecule has 0 atom stereocenters. The summed E-state index contributed by atoms with van der Waals surface area (Å²) in [5.41, 5.74) is 0. The van der Waals surface area contributed by atoms with E-state index in [1.54, 1.807) is 0 Å². The molecule has 1 rings (SSSR count). The van der Waals surface area contributed by atoms with Crippen LogP contribution >= 0.6 is 0 Å². The minimum atomic E-state index is -0.506. The third-order valence-corrected chi connectivity index (χ3v) is 6.53. The van der Waals surface area contributed by atoms with Gasteiger partial charge in [-0.1, -0.05) is 115 Å². The van der Waals surface area contributed by atoms with Crippen molar-refractivity contribution in [3.8, 4) is 23.7 Å². The second-order valence-electron chi connectivity index (χ2n) is 9.91. The molecule has 1 saturated heterocycles. The number of carbonyl (C=O) groups is 3. The molecule has 1 heterocycles. The average molecular weight is 500 g/mol. The van der Waals surface area contributed by atoms with Gasteiger partial charge < -0.3 is 4.84 Å². The molecule has 0 aromatic carbocycles. The summed E-state index contributed by atoms with van der Waals surface area (Å²) in [7, 11) is 0. The van der Waals surface area contributed by atoms with Gasteiger partial charge in [-0.15, -0.1) is 5.06 Å². The van der Waals surface area contributed by atoms with Gasteiger partial charge in [-0.05, 0) is 31.1 Å². The third-order valence-electron chi connectivity index (χ3n) is 6.53. The molecule has 0 bridgehead atoms. The molecular weight excluding hydrogens is 450 g/mol. The van der Waals surface area contributed by atoms with Gasteiger partial charge in [0.05, 0.1) is 0 Å². The zero-order valence-corrected chi connectivity index (χ0v) is 22.8. The minimum Gasteiger partial charge on any atom is -0.330 e. The third kappa shape index (κ3) is 18.1. The van der Waals surface area contributed by atoms with Gasteiger partial charge in [0.1, 0.15) is 0 Å². The highest BCUT2D eigenvalue weighted by Crippen LogP contribution is 2.15. The summed E-state index contributed by atoms with van der Waals surface area (Å²) in [6.07, 6.45) is 24.8. The van der Waals surface area contributed by atoms with Gasteiger partial charge in [0.2, 0.25) is 0 Å². The van der Waals surface area contributed by atoms with Crippen LogP contribution in [0.5, 0.6) is 0 Å². The summed E-state index contributed by atoms with van der Waals surface area (Å²) >= 11 is 0. The molecule has 202 valence electrons. The lowest BCUT2D eigenvalue weighted by Crippen LogP contribution is -2.31. The fraction of sp³-hybridized carbons (Fsp3) is 0.774. The zero-order chi connectivity index (χ0) is 26.1. The molecule has 1 aliphatic heterocycles. The molecule has 36 heavy (non-hydrogen) atoms. The van der Waals surface area contributed by atoms with E-state index in [0.717, 1.165) is 44.9 Å². The molecule has 0 aromatic heterocycles. The summed E-state index contributed by atoms with van der Waals surface area (Å²) < 4.78 is 0. The fourth-order valence-corrected chi connectivity index (χ4v) is 4.26. The molecule has 0 N–H and O–H groups in total. The highest BCUT2D eigenvalue weighted by atomic mass is 16.7. The number of imide groups is 1. The van der Waals surface area contributed by atoms with Crippen LogP contribution in [0.1, 0.15) is 155 Å². The smallest absolute Gasteiger partial charge is 0.330 e. The van der Waals surface area contributed by atoms with E-state index in [4.69, 9.17) is 4.84 Å². The molecule has 1 fully saturated rings. The SMILES string of the molecule is CCCCCCCCCCCCCCC#CC#CCCCCCCCCC(=O)ON1C(=O)CCC1=O. The van der Waals surface area contributed by atoms with Crippen molar-refractivity contribution in [3.63, 3.8) is 0 Å². The van der Waals surface area contributed by atoms with Gasteiger partial charge in [0.25, 0.3) is 11.8 Å². The lowest BCUT2D eigenvalue weighted by atomic mass is 10.0. The molecule has 5 nitrogen and oxygen atoms in total. The van der Waals surface area contributed by atoms with Crippen molar-refractivity contribution >= 4 is 17.8 Å². The van der Waals surface area contributed by atoms with E-state index in [1.165, 1.54) is 77.0 Å². The average Bonchev–Trinajstić information content (AvgIpc) is 3.18. The first-order valence-electron chi connectivity index (χ1n) is 14.7. The van der Waals surface area contributed by atoms with Crippen molar-refractivity contribution < 1.29 is 19.2 Å². The normalized spacial score (nSPS) is 12.8. The highest BCUT2D eigenvalue weighted by molar-refractivity contribution is 6.01. The van der Waals surface area contributed by atoms with Crippen molar-refractivity contribution in [2.75, 3.05) is 0 Å². The van der Waals surface area contributed by atoms with E-state index in [2.05, 4.69) is 30.6 Å². The lowest BCUT2D eigenvalue weighted by molar-refractivity contribution is -0.197. The topological polar surface area (TPSA) is 63.7 Å². The zero-order valence-electron chi connectivity index (χ0n) is 22.8. The van der Waals surface area contributed by atoms with Crippen molar-refractivity contribution in [3.05, 3.63) is 0 Å². The molecule has 0 saturated carbocycles. The fourth-order valence-electron chi connectivity index (χ4n) is 4.26. The molecular formula is C31H49NO4. The van der Waals surface area contributed by atoms with Crippen molar-refractivity contribution in [2.24, 2.45) is 0 Å². The minimum absolute atomic E-state index is 0.128. The predicted octanol–water partition coefficient (Wildman–Crippen LogP) is 7.81. The van der Waals surface area contributed by atoms with Gasteiger partial charge in [-0.3, -0.25) is 9.59 Å². The number of rotatable bonds is 21. The Labute approximate surface area is 220 Å².